The summed E-state index contributed by atoms with van der Waals surface area (Å²) < 4.78 is 4.95. The second-order valence-electron chi connectivity index (χ2n) is 1.50. The first kappa shape index (κ1) is 5.15. The Morgan fingerprint density at radius 2 is 2.62 bits per heavy atom. The van der Waals surface area contributed by atoms with Gasteiger partial charge in [-0.3, -0.25) is 0 Å². The number of nitrogens with one attached hydrogen (secondary N) is 1. The second kappa shape index (κ2) is 1.86. The van der Waals surface area contributed by atoms with E-state index in [1.165, 1.54) is 0 Å². The quantitative estimate of drug-likeness (QED) is 0.544. The molecule has 0 aromatic carbocycles. The summed E-state index contributed by atoms with van der Waals surface area (Å²) in [4.78, 5) is 0. The molecule has 1 aliphatic heterocycles. The Kier molecular flexibility index (Phi) is 1.20. The highest BCUT2D eigenvalue weighted by molar-refractivity contribution is 5.77. The molecule has 44 valence electrons. The largest absolute Gasteiger partial charge is 0.424 e. The first-order valence-electron chi connectivity index (χ1n) is 2.52. The fourth-order valence-electron chi connectivity index (χ4n) is 0.464. The lowest BCUT2D eigenvalue weighted by Gasteiger charge is -1.92. The molecule has 0 aliphatic carbocycles. The van der Waals surface area contributed by atoms with Crippen molar-refractivity contribution < 1.29 is 4.74 Å². The van der Waals surface area contributed by atoms with Gasteiger partial charge in [0.25, 0.3) is 0 Å². The Bertz CT molecular complexity index is 139. The Morgan fingerprint density at radius 1 is 1.88 bits per heavy atom. The molecule has 1 rings (SSSR count). The van der Waals surface area contributed by atoms with Crippen molar-refractivity contribution in [1.82, 2.24) is 5.43 Å². The maximum Gasteiger partial charge on any atom is 0.214 e. The molecule has 0 saturated carbocycles. The van der Waals surface area contributed by atoms with Gasteiger partial charge in [0.05, 0.1) is 0 Å². The van der Waals surface area contributed by atoms with Gasteiger partial charge in [0.2, 0.25) is 11.8 Å². The van der Waals surface area contributed by atoms with E-state index in [1.54, 1.807) is 0 Å². The van der Waals surface area contributed by atoms with Gasteiger partial charge < -0.3 is 4.74 Å². The third-order valence-corrected chi connectivity index (χ3v) is 0.849. The molecule has 3 heteroatoms. The number of rotatable bonds is 1. The smallest absolute Gasteiger partial charge is 0.214 e. The predicted octanol–water partition coefficient (Wildman–Crippen LogP) is 0.801. The van der Waals surface area contributed by atoms with Crippen LogP contribution in [0.15, 0.2) is 17.6 Å². The van der Waals surface area contributed by atoms with Crippen molar-refractivity contribution in [3.8, 4) is 0 Å². The molecule has 0 aromatic heterocycles. The minimum absolute atomic E-state index is 0.516. The van der Waals surface area contributed by atoms with Crippen LogP contribution in [-0.4, -0.2) is 5.90 Å². The molecule has 0 aromatic rings. The van der Waals surface area contributed by atoms with Crippen LogP contribution >= 0.6 is 0 Å². The highest BCUT2D eigenvalue weighted by Gasteiger charge is 2.06. The maximum atomic E-state index is 4.95. The van der Waals surface area contributed by atoms with Crippen LogP contribution in [0.4, 0.5) is 0 Å². The Morgan fingerprint density at radius 3 is 2.88 bits per heavy atom. The third-order valence-electron chi connectivity index (χ3n) is 0.849. The summed E-state index contributed by atoms with van der Waals surface area (Å²) in [5, 5.41) is 3.78. The van der Waals surface area contributed by atoms with Crippen molar-refractivity contribution in [2.45, 2.75) is 13.3 Å². The summed E-state index contributed by atoms with van der Waals surface area (Å²) >= 11 is 0. The van der Waals surface area contributed by atoms with E-state index in [4.69, 9.17) is 4.74 Å². The molecule has 8 heavy (non-hydrogen) atoms. The van der Waals surface area contributed by atoms with Gasteiger partial charge in [-0.2, -0.15) is 0 Å². The van der Waals surface area contributed by atoms with Crippen molar-refractivity contribution in [2.75, 3.05) is 0 Å². The van der Waals surface area contributed by atoms with Crippen LogP contribution in [0.5, 0.6) is 0 Å². The van der Waals surface area contributed by atoms with E-state index in [-0.39, 0.29) is 0 Å². The van der Waals surface area contributed by atoms with Gasteiger partial charge >= 0.3 is 0 Å². The number of nitrogens with zero attached hydrogens (tertiary/aromatic N) is 1. The van der Waals surface area contributed by atoms with Gasteiger partial charge in [0.1, 0.15) is 0 Å². The van der Waals surface area contributed by atoms with Gasteiger partial charge in [-0.1, -0.05) is 6.92 Å². The lowest BCUT2D eigenvalue weighted by Crippen LogP contribution is -1.96. The molecule has 0 amide bonds. The van der Waals surface area contributed by atoms with Gasteiger partial charge in [-0.15, -0.1) is 5.10 Å². The minimum atomic E-state index is 0.516. The number of ether oxygens (including phenoxy) is 1. The average Bonchev–Trinajstić information content (AvgIpc) is 2.14. The molecular formula is C5H8N2O. The van der Waals surface area contributed by atoms with E-state index in [0.29, 0.717) is 11.8 Å². The van der Waals surface area contributed by atoms with E-state index in [2.05, 4.69) is 17.1 Å². The summed E-state index contributed by atoms with van der Waals surface area (Å²) in [7, 11) is 0. The number of hydrazone groups is 1. The van der Waals surface area contributed by atoms with Crippen LogP contribution in [-0.2, 0) is 4.74 Å². The maximum absolute atomic E-state index is 4.95. The van der Waals surface area contributed by atoms with E-state index in [0.717, 1.165) is 6.42 Å². The predicted molar refractivity (Wildman–Crippen MR) is 31.1 cm³/mol. The van der Waals surface area contributed by atoms with Crippen LogP contribution in [0.25, 0.3) is 0 Å². The summed E-state index contributed by atoms with van der Waals surface area (Å²) in [5.41, 5.74) is 2.59. The zero-order valence-corrected chi connectivity index (χ0v) is 4.77. The molecule has 0 unspecified atom stereocenters. The molecule has 0 saturated heterocycles. The second-order valence-corrected chi connectivity index (χ2v) is 1.50. The fraction of sp³-hybridized carbons (Fsp3) is 0.400. The van der Waals surface area contributed by atoms with Crippen LogP contribution in [0.2, 0.25) is 0 Å². The number of hydrogen-bond acceptors (Lipinski definition) is 3. The Labute approximate surface area is 48.0 Å². The SMILES string of the molecule is C=C1NN=C(CC)O1. The molecule has 0 bridgehead atoms. The zero-order chi connectivity index (χ0) is 5.98. The molecule has 3 nitrogen and oxygen atoms in total. The Balaban J connectivity index is 2.49. The first-order chi connectivity index (χ1) is 3.83. The monoisotopic (exact) mass is 112 g/mol. The van der Waals surface area contributed by atoms with Crippen molar-refractivity contribution in [2.24, 2.45) is 5.10 Å². The van der Waals surface area contributed by atoms with Crippen LogP contribution in [0, 0.1) is 0 Å². The fourth-order valence-corrected chi connectivity index (χ4v) is 0.464. The first-order valence-corrected chi connectivity index (χ1v) is 2.52. The van der Waals surface area contributed by atoms with E-state index < -0.39 is 0 Å². The van der Waals surface area contributed by atoms with Crippen LogP contribution in [0.1, 0.15) is 13.3 Å². The van der Waals surface area contributed by atoms with Crippen molar-refractivity contribution in [3.05, 3.63) is 12.5 Å². The molecule has 1 aliphatic rings. The number of hydrogen-bond donors (Lipinski definition) is 1. The minimum Gasteiger partial charge on any atom is -0.424 e. The highest BCUT2D eigenvalue weighted by Crippen LogP contribution is 2.01. The van der Waals surface area contributed by atoms with Gasteiger partial charge in [-0.25, -0.2) is 5.43 Å². The van der Waals surface area contributed by atoms with E-state index in [9.17, 15) is 0 Å². The molecule has 0 fully saturated rings. The summed E-state index contributed by atoms with van der Waals surface area (Å²) in [6.07, 6.45) is 0.812. The summed E-state index contributed by atoms with van der Waals surface area (Å²) in [6.45, 7) is 5.48. The summed E-state index contributed by atoms with van der Waals surface area (Å²) in [6, 6.07) is 0. The molecule has 0 spiro atoms. The molecule has 1 heterocycles. The zero-order valence-electron chi connectivity index (χ0n) is 4.77. The topological polar surface area (TPSA) is 33.6 Å². The summed E-state index contributed by atoms with van der Waals surface area (Å²) in [5.74, 6) is 1.22. The van der Waals surface area contributed by atoms with E-state index >= 15 is 0 Å². The molecule has 0 atom stereocenters. The normalized spacial score (nSPS) is 17.1. The lowest BCUT2D eigenvalue weighted by molar-refractivity contribution is 0.410. The molecule has 1 N–H and O–H groups in total. The van der Waals surface area contributed by atoms with Crippen molar-refractivity contribution in [3.63, 3.8) is 0 Å². The van der Waals surface area contributed by atoms with Gasteiger partial charge in [-0.05, 0) is 6.58 Å². The lowest BCUT2D eigenvalue weighted by atomic mass is 10.5. The van der Waals surface area contributed by atoms with Crippen molar-refractivity contribution >= 4 is 5.90 Å². The van der Waals surface area contributed by atoms with E-state index in [1.807, 2.05) is 6.92 Å². The van der Waals surface area contributed by atoms with Crippen molar-refractivity contribution in [1.29, 1.82) is 0 Å². The molecular weight excluding hydrogens is 104 g/mol. The highest BCUT2D eigenvalue weighted by atomic mass is 16.5. The van der Waals surface area contributed by atoms with Crippen LogP contribution in [0.3, 0.4) is 0 Å². The van der Waals surface area contributed by atoms with Gasteiger partial charge in [0, 0.05) is 6.42 Å². The van der Waals surface area contributed by atoms with Crippen LogP contribution < -0.4 is 5.43 Å². The standard InChI is InChI=1S/C5H8N2O/c1-3-5-7-6-4(2)8-5/h6H,2-3H2,1H3. The average molecular weight is 112 g/mol. The Hall–Kier alpha value is -0.990. The molecule has 0 radical (unpaired) electrons. The van der Waals surface area contributed by atoms with Gasteiger partial charge in [0.15, 0.2) is 0 Å². The third kappa shape index (κ3) is 0.804.